The molecule has 0 aromatic heterocycles. The zero-order chi connectivity index (χ0) is 16.6. The number of benzene rings is 1. The third-order valence-electron chi connectivity index (χ3n) is 3.58. The Bertz CT molecular complexity index is 753. The van der Waals surface area contributed by atoms with E-state index in [0.29, 0.717) is 18.6 Å². The van der Waals surface area contributed by atoms with Gasteiger partial charge in [0.1, 0.15) is 18.2 Å². The molecule has 2 aliphatic heterocycles. The Morgan fingerprint density at radius 2 is 2.09 bits per heavy atom. The molecule has 0 saturated heterocycles. The van der Waals surface area contributed by atoms with Crippen LogP contribution in [0.4, 0.5) is 10.1 Å². The molecule has 1 aromatic rings. The summed E-state index contributed by atoms with van der Waals surface area (Å²) in [5.41, 5.74) is 0.411. The van der Waals surface area contributed by atoms with E-state index in [0.717, 1.165) is 11.0 Å². The molecule has 0 bridgehead atoms. The Labute approximate surface area is 136 Å². The molecule has 0 spiro atoms. The first-order chi connectivity index (χ1) is 11.0. The Morgan fingerprint density at radius 3 is 2.78 bits per heavy atom. The lowest BCUT2D eigenvalue weighted by Gasteiger charge is -2.17. The van der Waals surface area contributed by atoms with Crippen molar-refractivity contribution in [1.82, 2.24) is 0 Å². The molecule has 0 fully saturated rings. The fourth-order valence-electron chi connectivity index (χ4n) is 2.51. The Balaban J connectivity index is 2.01. The average Bonchev–Trinajstić information content (AvgIpc) is 2.79. The van der Waals surface area contributed by atoms with E-state index in [-0.39, 0.29) is 35.2 Å². The molecule has 1 aromatic carbocycles. The molecule has 118 valence electrons. The number of halogens is 2. The summed E-state index contributed by atoms with van der Waals surface area (Å²) in [6, 6.07) is 2.18. The molecule has 0 saturated carbocycles. The average molecular weight is 336 g/mol. The lowest BCUT2D eigenvalue weighted by molar-refractivity contribution is -0.120. The van der Waals surface area contributed by atoms with Gasteiger partial charge in [0.25, 0.3) is 11.8 Å². The summed E-state index contributed by atoms with van der Waals surface area (Å²) >= 11 is 5.89. The van der Waals surface area contributed by atoms with Gasteiger partial charge in [-0.2, -0.15) is 0 Å². The van der Waals surface area contributed by atoms with Gasteiger partial charge in [0.05, 0.1) is 29.5 Å². The summed E-state index contributed by atoms with van der Waals surface area (Å²) in [4.78, 5) is 25.6. The van der Waals surface area contributed by atoms with E-state index in [1.54, 1.807) is 0 Å². The van der Waals surface area contributed by atoms with Crippen LogP contribution in [0, 0.1) is 18.2 Å². The van der Waals surface area contributed by atoms with E-state index in [9.17, 15) is 14.0 Å². The van der Waals surface area contributed by atoms with Crippen molar-refractivity contribution >= 4 is 29.1 Å². The maximum absolute atomic E-state index is 14.3. The number of amides is 2. The van der Waals surface area contributed by atoms with Crippen LogP contribution in [0.3, 0.4) is 0 Å². The summed E-state index contributed by atoms with van der Waals surface area (Å²) in [6.45, 7) is 0.326. The zero-order valence-electron chi connectivity index (χ0n) is 11.9. The highest BCUT2D eigenvalue weighted by atomic mass is 35.5. The summed E-state index contributed by atoms with van der Waals surface area (Å²) in [6.07, 6.45) is 5.43. The highest BCUT2D eigenvalue weighted by Gasteiger charge is 2.41. The number of hydrogen-bond acceptors (Lipinski definition) is 4. The Morgan fingerprint density at radius 1 is 1.35 bits per heavy atom. The van der Waals surface area contributed by atoms with E-state index in [2.05, 4.69) is 5.92 Å². The van der Waals surface area contributed by atoms with E-state index in [4.69, 9.17) is 27.5 Å². The highest BCUT2D eigenvalue weighted by molar-refractivity contribution is 6.34. The van der Waals surface area contributed by atoms with Crippen LogP contribution in [0.25, 0.3) is 0 Å². The van der Waals surface area contributed by atoms with E-state index >= 15 is 0 Å². The van der Waals surface area contributed by atoms with Crippen LogP contribution in [0.15, 0.2) is 23.3 Å². The second-order valence-electron chi connectivity index (χ2n) is 4.93. The maximum atomic E-state index is 14.3. The predicted molar refractivity (Wildman–Crippen MR) is 80.7 cm³/mol. The quantitative estimate of drug-likeness (QED) is 0.627. The number of carbonyl (C=O) groups is 2. The third-order valence-corrected chi connectivity index (χ3v) is 3.88. The van der Waals surface area contributed by atoms with Crippen LogP contribution >= 0.6 is 11.6 Å². The summed E-state index contributed by atoms with van der Waals surface area (Å²) < 4.78 is 24.7. The van der Waals surface area contributed by atoms with Crippen LogP contribution < -0.4 is 9.64 Å². The summed E-state index contributed by atoms with van der Waals surface area (Å²) in [5, 5.41) is 0.00153. The molecule has 2 aliphatic rings. The number of terminal acetylenes is 1. The Hall–Kier alpha value is -2.36. The van der Waals surface area contributed by atoms with Gasteiger partial charge < -0.3 is 9.47 Å². The summed E-state index contributed by atoms with van der Waals surface area (Å²) in [5.74, 6) is 0.425. The number of imide groups is 1. The molecule has 7 heteroatoms. The van der Waals surface area contributed by atoms with Crippen molar-refractivity contribution in [2.45, 2.75) is 6.42 Å². The van der Waals surface area contributed by atoms with Gasteiger partial charge in [0.15, 0.2) is 0 Å². The van der Waals surface area contributed by atoms with Gasteiger partial charge in [-0.05, 0) is 6.07 Å². The molecular weight excluding hydrogens is 325 g/mol. The second kappa shape index (κ2) is 6.03. The number of nitrogens with zero attached hydrogens (tertiary/aromatic N) is 1. The van der Waals surface area contributed by atoms with Gasteiger partial charge >= 0.3 is 0 Å². The van der Waals surface area contributed by atoms with Crippen molar-refractivity contribution in [3.05, 3.63) is 34.1 Å². The Kier molecular flexibility index (Phi) is 4.07. The minimum Gasteiger partial charge on any atom is -0.479 e. The van der Waals surface area contributed by atoms with Crippen molar-refractivity contribution in [3.8, 4) is 18.1 Å². The van der Waals surface area contributed by atoms with Crippen LogP contribution in [0.2, 0.25) is 5.02 Å². The van der Waals surface area contributed by atoms with E-state index < -0.39 is 17.6 Å². The first-order valence-corrected chi connectivity index (χ1v) is 7.16. The number of rotatable bonds is 3. The fourth-order valence-corrected chi connectivity index (χ4v) is 2.72. The monoisotopic (exact) mass is 335 g/mol. The van der Waals surface area contributed by atoms with Crippen molar-refractivity contribution in [2.24, 2.45) is 0 Å². The third kappa shape index (κ3) is 2.58. The molecule has 0 aliphatic carbocycles. The molecule has 0 atom stereocenters. The number of hydrogen-bond donors (Lipinski definition) is 0. The first kappa shape index (κ1) is 15.5. The van der Waals surface area contributed by atoms with Gasteiger partial charge in [-0.1, -0.05) is 17.5 Å². The second-order valence-corrected chi connectivity index (χ2v) is 5.34. The standard InChI is InChI=1S/C16H11ClFNO4/c1-2-4-23-14-7-13(12(18)6-11(14)17)19-15(20)9-3-5-22-8-10(9)16(19)21/h1,6-7H,3-5,8H2. The molecule has 3 rings (SSSR count). The summed E-state index contributed by atoms with van der Waals surface area (Å²) in [7, 11) is 0. The van der Waals surface area contributed by atoms with Crippen molar-refractivity contribution in [1.29, 1.82) is 0 Å². The van der Waals surface area contributed by atoms with Gasteiger partial charge in [-0.15, -0.1) is 6.42 Å². The highest BCUT2D eigenvalue weighted by Crippen LogP contribution is 2.37. The van der Waals surface area contributed by atoms with Gasteiger partial charge in [-0.25, -0.2) is 9.29 Å². The fraction of sp³-hybridized carbons (Fsp3) is 0.250. The lowest BCUT2D eigenvalue weighted by atomic mass is 10.1. The normalized spacial score (nSPS) is 17.3. The van der Waals surface area contributed by atoms with Crippen molar-refractivity contribution < 1.29 is 23.5 Å². The van der Waals surface area contributed by atoms with Crippen molar-refractivity contribution in [3.63, 3.8) is 0 Å². The van der Waals surface area contributed by atoms with Crippen LogP contribution in [-0.4, -0.2) is 31.6 Å². The van der Waals surface area contributed by atoms with Gasteiger partial charge in [0, 0.05) is 18.1 Å². The molecular formula is C16H11ClFNO4. The van der Waals surface area contributed by atoms with E-state index in [1.165, 1.54) is 6.07 Å². The molecule has 0 unspecified atom stereocenters. The van der Waals surface area contributed by atoms with Crippen molar-refractivity contribution in [2.75, 3.05) is 24.7 Å². The molecule has 2 amide bonds. The van der Waals surface area contributed by atoms with Gasteiger partial charge in [0.2, 0.25) is 0 Å². The smallest absolute Gasteiger partial charge is 0.264 e. The first-order valence-electron chi connectivity index (χ1n) is 6.78. The van der Waals surface area contributed by atoms with Gasteiger partial charge in [-0.3, -0.25) is 9.59 Å². The van der Waals surface area contributed by atoms with Crippen LogP contribution in [0.1, 0.15) is 6.42 Å². The maximum Gasteiger partial charge on any atom is 0.264 e. The topological polar surface area (TPSA) is 55.8 Å². The largest absolute Gasteiger partial charge is 0.479 e. The molecule has 2 heterocycles. The molecule has 23 heavy (non-hydrogen) atoms. The zero-order valence-corrected chi connectivity index (χ0v) is 12.7. The molecule has 0 radical (unpaired) electrons. The predicted octanol–water partition coefficient (Wildman–Crippen LogP) is 2.08. The SMILES string of the molecule is C#CCOc1cc(N2C(=O)C3=C(COCC3)C2=O)c(F)cc1Cl. The van der Waals surface area contributed by atoms with Crippen LogP contribution in [-0.2, 0) is 14.3 Å². The number of anilines is 1. The minimum absolute atomic E-state index is 0.00153. The van der Waals surface area contributed by atoms with Crippen LogP contribution in [0.5, 0.6) is 5.75 Å². The lowest BCUT2D eigenvalue weighted by Crippen LogP contribution is -2.32. The number of ether oxygens (including phenoxy) is 2. The van der Waals surface area contributed by atoms with E-state index in [1.807, 2.05) is 0 Å². The number of carbonyl (C=O) groups excluding carboxylic acids is 2. The molecule has 0 N–H and O–H groups in total. The molecule has 5 nitrogen and oxygen atoms in total. The minimum atomic E-state index is -0.800.